The number of hydrogen-bond acceptors (Lipinski definition) is 10. The minimum absolute atomic E-state index is 0.123. The first kappa shape index (κ1) is 23.3. The van der Waals surface area contributed by atoms with Crippen LogP contribution in [0.15, 0.2) is 12.1 Å². The molecule has 11 nitrogen and oxygen atoms in total. The Morgan fingerprint density at radius 3 is 2.55 bits per heavy atom. The van der Waals surface area contributed by atoms with E-state index >= 15 is 0 Å². The summed E-state index contributed by atoms with van der Waals surface area (Å²) in [4.78, 5) is 10.6. The van der Waals surface area contributed by atoms with Gasteiger partial charge in [0, 0.05) is 13.7 Å². The van der Waals surface area contributed by atoms with Crippen molar-refractivity contribution in [2.75, 3.05) is 34.0 Å². The summed E-state index contributed by atoms with van der Waals surface area (Å²) in [6.45, 7) is 1.44. The van der Waals surface area contributed by atoms with E-state index in [-0.39, 0.29) is 42.1 Å². The van der Waals surface area contributed by atoms with Crippen molar-refractivity contribution < 1.29 is 39.2 Å². The summed E-state index contributed by atoms with van der Waals surface area (Å²) in [5.41, 5.74) is -0.142. The van der Waals surface area contributed by atoms with E-state index in [0.29, 0.717) is 6.54 Å². The van der Waals surface area contributed by atoms with Crippen molar-refractivity contribution in [1.82, 2.24) is 5.32 Å². The fourth-order valence-corrected chi connectivity index (χ4v) is 3.41. The summed E-state index contributed by atoms with van der Waals surface area (Å²) in [7, 11) is 2.83. The molecule has 1 fully saturated rings. The molecule has 4 N–H and O–H groups in total. The molecule has 0 spiro atoms. The summed E-state index contributed by atoms with van der Waals surface area (Å²) in [5, 5.41) is 43.5. The number of rotatable bonds is 10. The minimum Gasteiger partial charge on any atom is -0.493 e. The second-order valence-electron chi connectivity index (χ2n) is 6.63. The van der Waals surface area contributed by atoms with E-state index in [1.165, 1.54) is 26.4 Å². The third-order valence-corrected chi connectivity index (χ3v) is 4.89. The molecule has 164 valence electrons. The van der Waals surface area contributed by atoms with Crippen molar-refractivity contribution in [1.29, 1.82) is 0 Å². The molecular formula is C18H28N2O9. The zero-order valence-corrected chi connectivity index (χ0v) is 16.6. The lowest BCUT2D eigenvalue weighted by Crippen LogP contribution is -2.63. The van der Waals surface area contributed by atoms with Crippen molar-refractivity contribution in [3.05, 3.63) is 27.8 Å². The van der Waals surface area contributed by atoms with Crippen LogP contribution in [0.5, 0.6) is 11.5 Å². The predicted octanol–water partition coefficient (Wildman–Crippen LogP) is -0.412. The first-order valence-corrected chi connectivity index (χ1v) is 9.17. The van der Waals surface area contributed by atoms with Crippen LogP contribution in [0.3, 0.4) is 0 Å². The molecule has 29 heavy (non-hydrogen) atoms. The van der Waals surface area contributed by atoms with Crippen molar-refractivity contribution >= 4 is 5.69 Å². The summed E-state index contributed by atoms with van der Waals surface area (Å²) in [5.74, 6) is 0.432. The van der Waals surface area contributed by atoms with Crippen LogP contribution < -0.4 is 14.8 Å². The highest BCUT2D eigenvalue weighted by atomic mass is 16.6. The molecule has 0 saturated carbocycles. The maximum absolute atomic E-state index is 11.2. The van der Waals surface area contributed by atoms with Gasteiger partial charge in [0.2, 0.25) is 0 Å². The van der Waals surface area contributed by atoms with Gasteiger partial charge in [-0.25, -0.2) is 0 Å². The number of benzene rings is 1. The lowest BCUT2D eigenvalue weighted by atomic mass is 9.93. The Morgan fingerprint density at radius 2 is 2.00 bits per heavy atom. The van der Waals surface area contributed by atoms with E-state index in [9.17, 15) is 25.4 Å². The third-order valence-electron chi connectivity index (χ3n) is 4.89. The van der Waals surface area contributed by atoms with Gasteiger partial charge in [0.25, 0.3) is 5.69 Å². The molecule has 0 bridgehead atoms. The van der Waals surface area contributed by atoms with E-state index in [1.807, 2.05) is 0 Å². The lowest BCUT2D eigenvalue weighted by molar-refractivity contribution is -0.385. The van der Waals surface area contributed by atoms with Gasteiger partial charge in [-0.1, -0.05) is 0 Å². The first-order valence-electron chi connectivity index (χ1n) is 9.17. The standard InChI is InChI=1S/C18H28N2O9/c1-10-16(17(23)18(27-3)15(9-22)29-10)19-4-5-28-14-7-12(20(24)25)11(8-21)6-13(14)26-2/h6-7,10,15-19,21-23H,4-5,8-9H2,1-3H3. The SMILES string of the molecule is COc1cc(CO)c([N+](=O)[O-])cc1OCCNC1C(C)OC(CO)C(OC)C1O. The van der Waals surface area contributed by atoms with E-state index < -0.39 is 35.9 Å². The largest absolute Gasteiger partial charge is 0.493 e. The number of hydrogen-bond donors (Lipinski definition) is 4. The van der Waals surface area contributed by atoms with Crippen LogP contribution in [0.4, 0.5) is 5.69 Å². The van der Waals surface area contributed by atoms with Crippen LogP contribution in [-0.4, -0.2) is 84.7 Å². The molecule has 5 atom stereocenters. The number of methoxy groups -OCH3 is 2. The number of ether oxygens (including phenoxy) is 4. The van der Waals surface area contributed by atoms with E-state index in [1.54, 1.807) is 6.92 Å². The summed E-state index contributed by atoms with van der Waals surface area (Å²) in [6, 6.07) is 2.11. The second kappa shape index (κ2) is 10.7. The Bertz CT molecular complexity index is 688. The molecule has 5 unspecified atom stereocenters. The normalized spacial score (nSPS) is 26.9. The van der Waals surface area contributed by atoms with Gasteiger partial charge in [0.15, 0.2) is 11.5 Å². The lowest BCUT2D eigenvalue weighted by Gasteiger charge is -2.43. The molecule has 2 rings (SSSR count). The quantitative estimate of drug-likeness (QED) is 0.225. The van der Waals surface area contributed by atoms with E-state index in [4.69, 9.17) is 18.9 Å². The second-order valence-corrected chi connectivity index (χ2v) is 6.63. The molecule has 0 aromatic heterocycles. The number of aliphatic hydroxyl groups is 3. The maximum Gasteiger partial charge on any atom is 0.278 e. The summed E-state index contributed by atoms with van der Waals surface area (Å²) < 4.78 is 21.7. The Balaban J connectivity index is 1.99. The van der Waals surface area contributed by atoms with Crippen molar-refractivity contribution in [2.24, 2.45) is 0 Å². The van der Waals surface area contributed by atoms with Crippen LogP contribution >= 0.6 is 0 Å². The van der Waals surface area contributed by atoms with Crippen LogP contribution in [0, 0.1) is 10.1 Å². The molecule has 0 aliphatic carbocycles. The zero-order valence-electron chi connectivity index (χ0n) is 16.6. The highest BCUT2D eigenvalue weighted by molar-refractivity contribution is 5.54. The Morgan fingerprint density at radius 1 is 1.28 bits per heavy atom. The number of aliphatic hydroxyl groups excluding tert-OH is 3. The van der Waals surface area contributed by atoms with Crippen molar-refractivity contribution in [3.63, 3.8) is 0 Å². The van der Waals surface area contributed by atoms with Crippen LogP contribution in [-0.2, 0) is 16.1 Å². The maximum atomic E-state index is 11.2. The molecule has 11 heteroatoms. The molecule has 0 radical (unpaired) electrons. The van der Waals surface area contributed by atoms with Gasteiger partial charge in [0.05, 0.1) is 49.0 Å². The molecule has 1 aliphatic rings. The number of nitro benzene ring substituents is 1. The topological polar surface area (TPSA) is 153 Å². The van der Waals surface area contributed by atoms with Gasteiger partial charge in [-0.05, 0) is 13.0 Å². The number of nitro groups is 1. The van der Waals surface area contributed by atoms with Gasteiger partial charge < -0.3 is 39.6 Å². The highest BCUT2D eigenvalue weighted by Gasteiger charge is 2.43. The number of nitrogens with one attached hydrogen (secondary N) is 1. The highest BCUT2D eigenvalue weighted by Crippen LogP contribution is 2.34. The van der Waals surface area contributed by atoms with Gasteiger partial charge in [-0.3, -0.25) is 10.1 Å². The third kappa shape index (κ3) is 5.32. The van der Waals surface area contributed by atoms with Gasteiger partial charge in [-0.15, -0.1) is 0 Å². The Hall–Kier alpha value is -2.02. The summed E-state index contributed by atoms with van der Waals surface area (Å²) >= 11 is 0. The van der Waals surface area contributed by atoms with E-state index in [0.717, 1.165) is 0 Å². The average Bonchev–Trinajstić information content (AvgIpc) is 2.71. The molecule has 1 aliphatic heterocycles. The summed E-state index contributed by atoms with van der Waals surface area (Å²) in [6.07, 6.45) is -2.58. The van der Waals surface area contributed by atoms with Gasteiger partial charge >= 0.3 is 0 Å². The molecule has 1 saturated heterocycles. The van der Waals surface area contributed by atoms with Crippen LogP contribution in [0.1, 0.15) is 12.5 Å². The molecule has 1 aromatic rings. The van der Waals surface area contributed by atoms with Crippen molar-refractivity contribution in [3.8, 4) is 11.5 Å². The fraction of sp³-hybridized carbons (Fsp3) is 0.667. The zero-order chi connectivity index (χ0) is 21.6. The average molecular weight is 416 g/mol. The van der Waals surface area contributed by atoms with Crippen molar-refractivity contribution in [2.45, 2.75) is 44.0 Å². The molecular weight excluding hydrogens is 388 g/mol. The predicted molar refractivity (Wildman–Crippen MR) is 101 cm³/mol. The minimum atomic E-state index is -0.902. The van der Waals surface area contributed by atoms with Gasteiger partial charge in [-0.2, -0.15) is 0 Å². The monoisotopic (exact) mass is 416 g/mol. The Kier molecular flexibility index (Phi) is 8.56. The van der Waals surface area contributed by atoms with Crippen LogP contribution in [0.2, 0.25) is 0 Å². The number of nitrogens with zero attached hydrogens (tertiary/aromatic N) is 1. The fourth-order valence-electron chi connectivity index (χ4n) is 3.41. The first-order chi connectivity index (χ1) is 13.9. The van der Waals surface area contributed by atoms with Crippen LogP contribution in [0.25, 0.3) is 0 Å². The molecule has 1 heterocycles. The Labute approximate surface area is 168 Å². The van der Waals surface area contributed by atoms with Gasteiger partial charge in [0.1, 0.15) is 24.9 Å². The molecule has 0 amide bonds. The molecule has 1 aromatic carbocycles. The smallest absolute Gasteiger partial charge is 0.278 e. The van der Waals surface area contributed by atoms with E-state index in [2.05, 4.69) is 5.32 Å².